The number of hydrogen-bond donors (Lipinski definition) is 0. The van der Waals surface area contributed by atoms with Crippen LogP contribution in [-0.4, -0.2) is 0 Å². The molecular formula is C62H43NO. The lowest BCUT2D eigenvalue weighted by atomic mass is 9.68. The van der Waals surface area contributed by atoms with Gasteiger partial charge in [0.1, 0.15) is 11.2 Å². The molecule has 0 atom stereocenters. The van der Waals surface area contributed by atoms with Crippen LogP contribution in [0.1, 0.15) is 47.2 Å². The van der Waals surface area contributed by atoms with Crippen LogP contribution in [0.15, 0.2) is 229 Å². The molecule has 13 rings (SSSR count). The second kappa shape index (κ2) is 13.8. The maximum atomic E-state index is 6.36. The summed E-state index contributed by atoms with van der Waals surface area (Å²) in [4.78, 5) is 2.57. The lowest BCUT2D eigenvalue weighted by Gasteiger charge is -2.35. The highest BCUT2D eigenvalue weighted by Crippen LogP contribution is 2.62. The highest BCUT2D eigenvalue weighted by atomic mass is 16.3. The van der Waals surface area contributed by atoms with E-state index in [0.29, 0.717) is 0 Å². The van der Waals surface area contributed by atoms with Gasteiger partial charge in [0.15, 0.2) is 0 Å². The highest BCUT2D eigenvalue weighted by molar-refractivity contribution is 6.09. The summed E-state index contributed by atoms with van der Waals surface area (Å²) < 4.78 is 6.36. The first-order chi connectivity index (χ1) is 31.5. The summed E-state index contributed by atoms with van der Waals surface area (Å²) in [5, 5.41) is 4.81. The highest BCUT2D eigenvalue weighted by Gasteiger charge is 2.48. The number of furan rings is 1. The van der Waals surface area contributed by atoms with Gasteiger partial charge in [-0.1, -0.05) is 196 Å². The van der Waals surface area contributed by atoms with Gasteiger partial charge in [0.25, 0.3) is 0 Å². The fourth-order valence-electron chi connectivity index (χ4n) is 11.6. The number of hydrogen-bond acceptors (Lipinski definition) is 2. The van der Waals surface area contributed by atoms with Crippen LogP contribution in [0, 0.1) is 0 Å². The van der Waals surface area contributed by atoms with E-state index in [1.165, 1.54) is 72.1 Å². The maximum Gasteiger partial charge on any atom is 0.136 e. The second-order valence-corrected chi connectivity index (χ2v) is 18.0. The zero-order valence-corrected chi connectivity index (χ0v) is 35.7. The van der Waals surface area contributed by atoms with E-state index in [4.69, 9.17) is 4.42 Å². The van der Waals surface area contributed by atoms with E-state index in [0.717, 1.165) is 44.4 Å². The van der Waals surface area contributed by atoms with Crippen molar-refractivity contribution in [3.05, 3.63) is 258 Å². The molecule has 0 saturated heterocycles. The quantitative estimate of drug-likeness (QED) is 0.166. The Labute approximate surface area is 373 Å². The number of anilines is 3. The molecule has 0 bridgehead atoms. The van der Waals surface area contributed by atoms with Crippen LogP contribution in [0.2, 0.25) is 0 Å². The van der Waals surface area contributed by atoms with E-state index in [-0.39, 0.29) is 5.41 Å². The van der Waals surface area contributed by atoms with Crippen LogP contribution in [-0.2, 0) is 10.8 Å². The minimum atomic E-state index is -0.533. The van der Waals surface area contributed by atoms with E-state index < -0.39 is 5.41 Å². The van der Waals surface area contributed by atoms with E-state index in [2.05, 4.69) is 231 Å². The molecule has 0 amide bonds. The zero-order chi connectivity index (χ0) is 42.6. The Kier molecular flexibility index (Phi) is 7.90. The minimum absolute atomic E-state index is 0.215. The largest absolute Gasteiger partial charge is 0.456 e. The molecule has 302 valence electrons. The van der Waals surface area contributed by atoms with E-state index in [1.54, 1.807) is 0 Å². The molecule has 0 saturated carbocycles. The van der Waals surface area contributed by atoms with E-state index in [1.807, 2.05) is 12.1 Å². The molecule has 1 aromatic heterocycles. The van der Waals surface area contributed by atoms with Gasteiger partial charge in [0.05, 0.1) is 16.8 Å². The van der Waals surface area contributed by atoms with Crippen LogP contribution < -0.4 is 4.90 Å². The van der Waals surface area contributed by atoms with Crippen molar-refractivity contribution in [2.45, 2.75) is 24.7 Å². The SMILES string of the molecule is CC1(C)c2ccccc2-c2c(N(c3ccc(-c4ccc5c(c4)oc4ccccc45)cc3)c3cccc4c3-c3ccccc3C4(c3ccccc3)c3ccccc3)cc3ccccc3c21. The summed E-state index contributed by atoms with van der Waals surface area (Å²) in [6, 6.07) is 82.8. The molecule has 2 aliphatic carbocycles. The van der Waals surface area contributed by atoms with Crippen LogP contribution in [0.3, 0.4) is 0 Å². The maximum absolute atomic E-state index is 6.36. The topological polar surface area (TPSA) is 16.4 Å². The van der Waals surface area contributed by atoms with Crippen LogP contribution in [0.4, 0.5) is 17.1 Å². The molecule has 0 aliphatic heterocycles. The van der Waals surface area contributed by atoms with Crippen molar-refractivity contribution in [1.82, 2.24) is 0 Å². The van der Waals surface area contributed by atoms with Crippen LogP contribution in [0.25, 0.3) is 66.1 Å². The van der Waals surface area contributed by atoms with Crippen molar-refractivity contribution < 1.29 is 4.42 Å². The van der Waals surface area contributed by atoms with Crippen molar-refractivity contribution in [3.63, 3.8) is 0 Å². The van der Waals surface area contributed by atoms with Crippen molar-refractivity contribution in [1.29, 1.82) is 0 Å². The number of nitrogens with zero attached hydrogens (tertiary/aromatic N) is 1. The third kappa shape index (κ3) is 5.08. The second-order valence-electron chi connectivity index (χ2n) is 18.0. The van der Waals surface area contributed by atoms with E-state index in [9.17, 15) is 0 Å². The standard InChI is InChI=1S/C62H43NO/c1-61(2)51-27-14-11-25-49(51)59-55(38-42-18-9-10-23-46(42)60(59)61)63(45-35-32-40(33-36-45)41-34-37-48-47-24-13-16-31-56(47)64-57(48)39-41)54-30-17-29-53-58(54)50-26-12-15-28-52(50)62(53,43-19-5-3-6-20-43)44-21-7-4-8-22-44/h3-39H,1-2H3. The summed E-state index contributed by atoms with van der Waals surface area (Å²) >= 11 is 0. The summed E-state index contributed by atoms with van der Waals surface area (Å²) in [5.41, 5.74) is 19.6. The van der Waals surface area contributed by atoms with E-state index >= 15 is 0 Å². The smallest absolute Gasteiger partial charge is 0.136 e. The van der Waals surface area contributed by atoms with Crippen LogP contribution >= 0.6 is 0 Å². The summed E-state index contributed by atoms with van der Waals surface area (Å²) in [7, 11) is 0. The first kappa shape index (κ1) is 36.7. The molecule has 11 aromatic rings. The predicted molar refractivity (Wildman–Crippen MR) is 266 cm³/mol. The third-order valence-corrected chi connectivity index (χ3v) is 14.3. The van der Waals surface area contributed by atoms with Gasteiger partial charge in [-0.15, -0.1) is 0 Å². The molecule has 0 unspecified atom stereocenters. The van der Waals surface area contributed by atoms with Gasteiger partial charge in [0.2, 0.25) is 0 Å². The summed E-state index contributed by atoms with van der Waals surface area (Å²) in [6.45, 7) is 4.80. The van der Waals surface area contributed by atoms with Gasteiger partial charge in [-0.05, 0) is 109 Å². The predicted octanol–water partition coefficient (Wildman–Crippen LogP) is 16.5. The summed E-state index contributed by atoms with van der Waals surface area (Å²) in [5.74, 6) is 0. The van der Waals surface area contributed by atoms with Crippen molar-refractivity contribution in [2.75, 3.05) is 4.90 Å². The molecule has 0 fully saturated rings. The average Bonchev–Trinajstić information content (AvgIpc) is 3.96. The third-order valence-electron chi connectivity index (χ3n) is 14.3. The average molecular weight is 818 g/mol. The number of para-hydroxylation sites is 1. The molecule has 1 heterocycles. The lowest BCUT2D eigenvalue weighted by Crippen LogP contribution is -2.28. The van der Waals surface area contributed by atoms with Gasteiger partial charge < -0.3 is 9.32 Å². The number of fused-ring (bicyclic) bond motifs is 11. The molecule has 64 heavy (non-hydrogen) atoms. The fraction of sp³-hybridized carbons (Fsp3) is 0.0645. The van der Waals surface area contributed by atoms with Gasteiger partial charge in [-0.3, -0.25) is 0 Å². The van der Waals surface area contributed by atoms with Gasteiger partial charge >= 0.3 is 0 Å². The Hall–Kier alpha value is -7.94. The molecule has 0 radical (unpaired) electrons. The van der Waals surface area contributed by atoms with Crippen molar-refractivity contribution in [2.24, 2.45) is 0 Å². The first-order valence-electron chi connectivity index (χ1n) is 22.3. The van der Waals surface area contributed by atoms with Gasteiger partial charge in [0, 0.05) is 33.0 Å². The molecule has 0 spiro atoms. The van der Waals surface area contributed by atoms with Gasteiger partial charge in [-0.2, -0.15) is 0 Å². The monoisotopic (exact) mass is 817 g/mol. The van der Waals surface area contributed by atoms with Crippen molar-refractivity contribution in [3.8, 4) is 33.4 Å². The molecule has 10 aromatic carbocycles. The molecule has 0 N–H and O–H groups in total. The van der Waals surface area contributed by atoms with Gasteiger partial charge in [-0.25, -0.2) is 0 Å². The Balaban J connectivity index is 1.10. The van der Waals surface area contributed by atoms with Crippen LogP contribution in [0.5, 0.6) is 0 Å². The Bertz CT molecular complexity index is 3590. The number of rotatable bonds is 6. The Morgan fingerprint density at radius 1 is 0.391 bits per heavy atom. The Morgan fingerprint density at radius 2 is 0.969 bits per heavy atom. The zero-order valence-electron chi connectivity index (χ0n) is 35.7. The molecular weight excluding hydrogens is 775 g/mol. The Morgan fingerprint density at radius 3 is 1.72 bits per heavy atom. The lowest BCUT2D eigenvalue weighted by molar-refractivity contribution is 0.666. The minimum Gasteiger partial charge on any atom is -0.456 e. The first-order valence-corrected chi connectivity index (χ1v) is 22.3. The molecule has 2 aliphatic rings. The molecule has 2 nitrogen and oxygen atoms in total. The fourth-order valence-corrected chi connectivity index (χ4v) is 11.6. The summed E-state index contributed by atoms with van der Waals surface area (Å²) in [6.07, 6.45) is 0. The normalized spacial score (nSPS) is 14.0. The molecule has 2 heteroatoms. The number of benzene rings is 10. The van der Waals surface area contributed by atoms with Crippen molar-refractivity contribution >= 4 is 49.8 Å².